The zero-order valence-electron chi connectivity index (χ0n) is 19.6. The summed E-state index contributed by atoms with van der Waals surface area (Å²) in [4.78, 5) is 40.7. The number of nitrogens with zero attached hydrogens (tertiary/aromatic N) is 3. The molecule has 8 nitrogen and oxygen atoms in total. The molecular weight excluding hydrogens is 474 g/mol. The number of carbonyl (C=O) groups excluding carboxylic acids is 3. The van der Waals surface area contributed by atoms with Gasteiger partial charge in [0.1, 0.15) is 5.69 Å². The fourth-order valence-corrected chi connectivity index (χ4v) is 5.37. The van der Waals surface area contributed by atoms with E-state index >= 15 is 0 Å². The third-order valence-electron chi connectivity index (χ3n) is 6.32. The number of nitrogens with two attached hydrogens (primary N) is 1. The average molecular weight is 500 g/mol. The Kier molecular flexibility index (Phi) is 6.39. The zero-order valence-corrected chi connectivity index (χ0v) is 20.4. The number of aryl methyl sites for hydroxylation is 1. The van der Waals surface area contributed by atoms with E-state index in [1.807, 2.05) is 48.7 Å². The summed E-state index contributed by atoms with van der Waals surface area (Å²) in [5, 5.41) is 9.14. The van der Waals surface area contributed by atoms with Crippen LogP contribution in [0.1, 0.15) is 39.8 Å². The van der Waals surface area contributed by atoms with Crippen LogP contribution >= 0.6 is 11.3 Å². The van der Waals surface area contributed by atoms with Crippen LogP contribution < -0.4 is 16.0 Å². The highest BCUT2D eigenvalue weighted by Gasteiger charge is 2.42. The molecule has 5 rings (SSSR count). The number of aromatic nitrogens is 2. The predicted molar refractivity (Wildman–Crippen MR) is 139 cm³/mol. The second-order valence-corrected chi connectivity index (χ2v) is 9.73. The molecule has 3 N–H and O–H groups in total. The summed E-state index contributed by atoms with van der Waals surface area (Å²) in [6.07, 6.45) is 2.42. The van der Waals surface area contributed by atoms with E-state index in [9.17, 15) is 14.4 Å². The summed E-state index contributed by atoms with van der Waals surface area (Å²) in [6, 6.07) is 20.1. The molecule has 2 aromatic heterocycles. The minimum absolute atomic E-state index is 0.0141. The summed E-state index contributed by atoms with van der Waals surface area (Å²) in [5.41, 5.74) is 8.71. The van der Waals surface area contributed by atoms with E-state index in [1.54, 1.807) is 57.4 Å². The Bertz CT molecular complexity index is 1390. The van der Waals surface area contributed by atoms with Crippen LogP contribution in [-0.2, 0) is 9.59 Å². The van der Waals surface area contributed by atoms with Crippen molar-refractivity contribution >= 4 is 40.4 Å². The van der Waals surface area contributed by atoms with Crippen LogP contribution in [0.25, 0.3) is 5.69 Å². The maximum atomic E-state index is 13.5. The van der Waals surface area contributed by atoms with E-state index in [2.05, 4.69) is 10.4 Å². The molecular formula is C27H25N5O3S. The van der Waals surface area contributed by atoms with Crippen molar-refractivity contribution in [1.82, 2.24) is 9.78 Å². The van der Waals surface area contributed by atoms with Gasteiger partial charge in [-0.3, -0.25) is 14.4 Å². The Morgan fingerprint density at radius 1 is 1.03 bits per heavy atom. The maximum Gasteiger partial charge on any atom is 0.269 e. The first-order valence-electron chi connectivity index (χ1n) is 11.6. The summed E-state index contributed by atoms with van der Waals surface area (Å²) in [7, 11) is 0. The lowest BCUT2D eigenvalue weighted by molar-refractivity contribution is -0.125. The highest BCUT2D eigenvalue weighted by molar-refractivity contribution is 7.10. The van der Waals surface area contributed by atoms with E-state index in [0.29, 0.717) is 18.5 Å². The van der Waals surface area contributed by atoms with Gasteiger partial charge in [0.25, 0.3) is 5.91 Å². The Hall–Kier alpha value is -4.24. The van der Waals surface area contributed by atoms with Gasteiger partial charge in [-0.05, 0) is 67.3 Å². The van der Waals surface area contributed by atoms with Crippen LogP contribution in [0.2, 0.25) is 0 Å². The highest BCUT2D eigenvalue weighted by Crippen LogP contribution is 2.42. The molecule has 0 aliphatic carbocycles. The fraction of sp³-hybridized carbons (Fsp3) is 0.185. The molecule has 1 saturated heterocycles. The largest absolute Gasteiger partial charge is 0.364 e. The summed E-state index contributed by atoms with van der Waals surface area (Å²) >= 11 is 1.55. The van der Waals surface area contributed by atoms with Crippen LogP contribution in [0.15, 0.2) is 78.3 Å². The van der Waals surface area contributed by atoms with Gasteiger partial charge in [0, 0.05) is 28.9 Å². The maximum absolute atomic E-state index is 13.5. The van der Waals surface area contributed by atoms with Gasteiger partial charge in [-0.15, -0.1) is 11.3 Å². The SMILES string of the molecule is Cc1ccc(N2C(=O)CCC(C(=O)Nc3ccc(-n4ccc(C(N)=O)n4)cc3)C2c2cccs2)cc1. The van der Waals surface area contributed by atoms with Gasteiger partial charge in [0.2, 0.25) is 11.8 Å². The molecule has 36 heavy (non-hydrogen) atoms. The van der Waals surface area contributed by atoms with Crippen molar-refractivity contribution < 1.29 is 14.4 Å². The van der Waals surface area contributed by atoms with Gasteiger partial charge < -0.3 is 16.0 Å². The van der Waals surface area contributed by atoms with Crippen molar-refractivity contribution in [3.63, 3.8) is 0 Å². The smallest absolute Gasteiger partial charge is 0.269 e. The van der Waals surface area contributed by atoms with Crippen molar-refractivity contribution in [1.29, 1.82) is 0 Å². The molecule has 0 bridgehead atoms. The molecule has 3 heterocycles. The fourth-order valence-electron chi connectivity index (χ4n) is 4.49. The molecule has 4 aromatic rings. The topological polar surface area (TPSA) is 110 Å². The second kappa shape index (κ2) is 9.79. The molecule has 0 saturated carbocycles. The number of amides is 3. The summed E-state index contributed by atoms with van der Waals surface area (Å²) < 4.78 is 1.55. The Morgan fingerprint density at radius 2 is 1.75 bits per heavy atom. The first-order valence-corrected chi connectivity index (χ1v) is 12.5. The number of primary amides is 1. The van der Waals surface area contributed by atoms with Crippen LogP contribution in [0, 0.1) is 12.8 Å². The van der Waals surface area contributed by atoms with Crippen molar-refractivity contribution in [2.75, 3.05) is 10.2 Å². The monoisotopic (exact) mass is 499 g/mol. The molecule has 3 amide bonds. The Labute approximate surface area is 212 Å². The van der Waals surface area contributed by atoms with Gasteiger partial charge in [-0.25, -0.2) is 4.68 Å². The molecule has 1 aliphatic heterocycles. The van der Waals surface area contributed by atoms with Gasteiger partial charge in [0.15, 0.2) is 0 Å². The number of hydrogen-bond acceptors (Lipinski definition) is 5. The number of piperidine rings is 1. The van der Waals surface area contributed by atoms with E-state index in [-0.39, 0.29) is 23.6 Å². The van der Waals surface area contributed by atoms with Gasteiger partial charge >= 0.3 is 0 Å². The number of anilines is 2. The van der Waals surface area contributed by atoms with Gasteiger partial charge in [0.05, 0.1) is 17.6 Å². The molecule has 1 aliphatic rings. The quantitative estimate of drug-likeness (QED) is 0.408. The van der Waals surface area contributed by atoms with Crippen LogP contribution in [0.4, 0.5) is 11.4 Å². The predicted octanol–water partition coefficient (Wildman–Crippen LogP) is 4.46. The van der Waals surface area contributed by atoms with Crippen molar-refractivity contribution in [2.24, 2.45) is 11.7 Å². The van der Waals surface area contributed by atoms with E-state index in [1.165, 1.54) is 0 Å². The third-order valence-corrected chi connectivity index (χ3v) is 7.26. The van der Waals surface area contributed by atoms with Crippen molar-refractivity contribution in [2.45, 2.75) is 25.8 Å². The van der Waals surface area contributed by atoms with Gasteiger partial charge in [-0.1, -0.05) is 23.8 Å². The standard InChI is InChI=1S/C27H25N5O3S/c1-17-4-8-20(9-5-17)32-24(33)13-12-21(25(32)23-3-2-16-36-23)27(35)29-18-6-10-19(11-7-18)31-15-14-22(30-31)26(28)34/h2-11,14-16,21,25H,12-13H2,1H3,(H2,28,34)(H,29,35). The normalized spacial score (nSPS) is 17.7. The minimum atomic E-state index is -0.594. The summed E-state index contributed by atoms with van der Waals surface area (Å²) in [6.45, 7) is 2.00. The van der Waals surface area contributed by atoms with E-state index in [0.717, 1.165) is 21.8 Å². The molecule has 1 fully saturated rings. The van der Waals surface area contributed by atoms with E-state index < -0.39 is 11.8 Å². The lowest BCUT2D eigenvalue weighted by Crippen LogP contribution is -2.46. The lowest BCUT2D eigenvalue weighted by Gasteiger charge is -2.40. The molecule has 9 heteroatoms. The summed E-state index contributed by atoms with van der Waals surface area (Å²) in [5.74, 6) is -1.13. The zero-order chi connectivity index (χ0) is 25.2. The molecule has 2 aromatic carbocycles. The highest BCUT2D eigenvalue weighted by atomic mass is 32.1. The van der Waals surface area contributed by atoms with E-state index in [4.69, 9.17) is 5.73 Å². The number of benzene rings is 2. The van der Waals surface area contributed by atoms with Crippen molar-refractivity contribution in [3.05, 3.63) is 94.4 Å². The number of nitrogens with one attached hydrogen (secondary N) is 1. The Balaban J connectivity index is 1.39. The molecule has 182 valence electrons. The molecule has 0 spiro atoms. The minimum Gasteiger partial charge on any atom is -0.364 e. The lowest BCUT2D eigenvalue weighted by atomic mass is 9.86. The van der Waals surface area contributed by atoms with Crippen LogP contribution in [0.5, 0.6) is 0 Å². The van der Waals surface area contributed by atoms with Crippen molar-refractivity contribution in [3.8, 4) is 5.69 Å². The first-order chi connectivity index (χ1) is 17.4. The first kappa shape index (κ1) is 23.5. The third kappa shape index (κ3) is 4.65. The van der Waals surface area contributed by atoms with Crippen LogP contribution in [-0.4, -0.2) is 27.5 Å². The molecule has 2 unspecified atom stereocenters. The second-order valence-electron chi connectivity index (χ2n) is 8.75. The average Bonchev–Trinajstić information content (AvgIpc) is 3.58. The Morgan fingerprint density at radius 3 is 2.39 bits per heavy atom. The number of carbonyl (C=O) groups is 3. The number of rotatable bonds is 6. The number of hydrogen-bond donors (Lipinski definition) is 2. The van der Waals surface area contributed by atoms with Crippen LogP contribution in [0.3, 0.4) is 0 Å². The molecule has 0 radical (unpaired) electrons. The molecule has 2 atom stereocenters. The number of thiophene rings is 1. The van der Waals surface area contributed by atoms with Gasteiger partial charge in [-0.2, -0.15) is 5.10 Å².